The van der Waals surface area contributed by atoms with Gasteiger partial charge in [-0.25, -0.2) is 4.39 Å². The van der Waals surface area contributed by atoms with Gasteiger partial charge in [-0.1, -0.05) is 0 Å². The van der Waals surface area contributed by atoms with Crippen LogP contribution in [0, 0.1) is 18.7 Å². The Labute approximate surface area is 141 Å². The Morgan fingerprint density at radius 1 is 1.43 bits per heavy atom. The quantitative estimate of drug-likeness (QED) is 0.869. The lowest BCUT2D eigenvalue weighted by Gasteiger charge is -2.32. The van der Waals surface area contributed by atoms with Crippen LogP contribution in [0.25, 0.3) is 0 Å². The molecule has 1 heterocycles. The maximum atomic E-state index is 13.2. The number of hydrogen-bond acceptors (Lipinski definition) is 3. The van der Waals surface area contributed by atoms with Crippen molar-refractivity contribution in [3.05, 3.63) is 35.1 Å². The van der Waals surface area contributed by atoms with Gasteiger partial charge < -0.3 is 16.0 Å². The number of piperidine rings is 1. The van der Waals surface area contributed by atoms with Gasteiger partial charge in [0.1, 0.15) is 5.82 Å². The summed E-state index contributed by atoms with van der Waals surface area (Å²) in [5.74, 6) is -0.760. The van der Waals surface area contributed by atoms with Crippen molar-refractivity contribution >= 4 is 24.2 Å². The van der Waals surface area contributed by atoms with Crippen molar-refractivity contribution in [1.29, 1.82) is 0 Å². The molecule has 128 valence electrons. The zero-order valence-electron chi connectivity index (χ0n) is 13.2. The van der Waals surface area contributed by atoms with E-state index in [1.807, 2.05) is 0 Å². The van der Waals surface area contributed by atoms with E-state index in [0.717, 1.165) is 12.8 Å². The zero-order valence-corrected chi connectivity index (χ0v) is 14.0. The SMILES string of the molecule is Cc1cc(F)ccc1C(=O)N1CCCC(C(=O)NCCN)C1.Cl. The molecule has 1 atom stereocenters. The normalized spacial score (nSPS) is 17.3. The molecule has 0 bridgehead atoms. The Morgan fingerprint density at radius 2 is 2.17 bits per heavy atom. The van der Waals surface area contributed by atoms with Crippen LogP contribution in [0.1, 0.15) is 28.8 Å². The highest BCUT2D eigenvalue weighted by atomic mass is 35.5. The molecule has 1 aliphatic heterocycles. The van der Waals surface area contributed by atoms with Crippen molar-refractivity contribution in [2.75, 3.05) is 26.2 Å². The summed E-state index contributed by atoms with van der Waals surface area (Å²) in [6.07, 6.45) is 1.55. The van der Waals surface area contributed by atoms with Gasteiger partial charge in [-0.3, -0.25) is 9.59 Å². The van der Waals surface area contributed by atoms with Crippen LogP contribution in [-0.2, 0) is 4.79 Å². The van der Waals surface area contributed by atoms with Gasteiger partial charge in [-0.15, -0.1) is 12.4 Å². The first kappa shape index (κ1) is 19.4. The van der Waals surface area contributed by atoms with E-state index in [1.165, 1.54) is 18.2 Å². The van der Waals surface area contributed by atoms with E-state index in [2.05, 4.69) is 5.32 Å². The maximum Gasteiger partial charge on any atom is 0.254 e. The molecule has 0 radical (unpaired) electrons. The molecule has 1 saturated heterocycles. The number of carbonyl (C=O) groups excluding carboxylic acids is 2. The van der Waals surface area contributed by atoms with Gasteiger partial charge in [0, 0.05) is 31.7 Å². The topological polar surface area (TPSA) is 75.4 Å². The van der Waals surface area contributed by atoms with E-state index in [1.54, 1.807) is 11.8 Å². The van der Waals surface area contributed by atoms with Crippen LogP contribution in [0.15, 0.2) is 18.2 Å². The Balaban J connectivity index is 0.00000264. The van der Waals surface area contributed by atoms with Crippen LogP contribution in [0.5, 0.6) is 0 Å². The van der Waals surface area contributed by atoms with Gasteiger partial charge in [0.05, 0.1) is 5.92 Å². The fourth-order valence-electron chi connectivity index (χ4n) is 2.75. The minimum atomic E-state index is -0.355. The highest BCUT2D eigenvalue weighted by molar-refractivity contribution is 5.96. The molecule has 2 amide bonds. The van der Waals surface area contributed by atoms with Crippen LogP contribution >= 0.6 is 12.4 Å². The van der Waals surface area contributed by atoms with E-state index < -0.39 is 0 Å². The highest BCUT2D eigenvalue weighted by Gasteiger charge is 2.29. The van der Waals surface area contributed by atoms with Gasteiger partial charge in [-0.2, -0.15) is 0 Å². The van der Waals surface area contributed by atoms with Gasteiger partial charge in [0.2, 0.25) is 5.91 Å². The van der Waals surface area contributed by atoms with E-state index in [0.29, 0.717) is 37.3 Å². The largest absolute Gasteiger partial charge is 0.355 e. The van der Waals surface area contributed by atoms with Crippen molar-refractivity contribution in [3.8, 4) is 0 Å². The molecule has 3 N–H and O–H groups in total. The van der Waals surface area contributed by atoms with Crippen molar-refractivity contribution in [2.45, 2.75) is 19.8 Å². The monoisotopic (exact) mass is 343 g/mol. The number of rotatable bonds is 4. The molecular formula is C16H23ClFN3O2. The summed E-state index contributed by atoms with van der Waals surface area (Å²) in [6.45, 7) is 3.57. The zero-order chi connectivity index (χ0) is 16.1. The molecule has 0 aromatic heterocycles. The second kappa shape index (κ2) is 8.84. The molecule has 1 aliphatic rings. The first-order valence-electron chi connectivity index (χ1n) is 7.56. The van der Waals surface area contributed by atoms with Crippen LogP contribution < -0.4 is 11.1 Å². The van der Waals surface area contributed by atoms with Crippen molar-refractivity contribution in [2.24, 2.45) is 11.7 Å². The molecule has 7 heteroatoms. The molecule has 1 aromatic carbocycles. The fourth-order valence-corrected chi connectivity index (χ4v) is 2.75. The number of nitrogens with one attached hydrogen (secondary N) is 1. The van der Waals surface area contributed by atoms with E-state index >= 15 is 0 Å². The third-order valence-electron chi connectivity index (χ3n) is 3.94. The Hall–Kier alpha value is -1.66. The average Bonchev–Trinajstić information content (AvgIpc) is 2.52. The van der Waals surface area contributed by atoms with E-state index in [4.69, 9.17) is 5.73 Å². The second-order valence-electron chi connectivity index (χ2n) is 5.63. The lowest BCUT2D eigenvalue weighted by atomic mass is 9.96. The maximum absolute atomic E-state index is 13.2. The highest BCUT2D eigenvalue weighted by Crippen LogP contribution is 2.20. The summed E-state index contributed by atoms with van der Waals surface area (Å²) in [7, 11) is 0. The summed E-state index contributed by atoms with van der Waals surface area (Å²) >= 11 is 0. The van der Waals surface area contributed by atoms with Crippen molar-refractivity contribution < 1.29 is 14.0 Å². The minimum Gasteiger partial charge on any atom is -0.355 e. The molecular weight excluding hydrogens is 321 g/mol. The molecule has 1 fully saturated rings. The Bertz CT molecular complexity index is 568. The van der Waals surface area contributed by atoms with Gasteiger partial charge in [0.25, 0.3) is 5.91 Å². The van der Waals surface area contributed by atoms with Crippen LogP contribution in [-0.4, -0.2) is 42.9 Å². The van der Waals surface area contributed by atoms with Crippen LogP contribution in [0.3, 0.4) is 0 Å². The number of hydrogen-bond donors (Lipinski definition) is 2. The number of benzene rings is 1. The van der Waals surface area contributed by atoms with Crippen molar-refractivity contribution in [3.63, 3.8) is 0 Å². The standard InChI is InChI=1S/C16H22FN3O2.ClH/c1-11-9-13(17)4-5-14(11)16(22)20-8-2-3-12(10-20)15(21)19-7-6-18;/h4-5,9,12H,2-3,6-8,10,18H2,1H3,(H,19,21);1H. The number of likely N-dealkylation sites (tertiary alicyclic amines) is 1. The minimum absolute atomic E-state index is 0. The third kappa shape index (κ3) is 4.91. The molecule has 2 rings (SSSR count). The number of carbonyl (C=O) groups is 2. The summed E-state index contributed by atoms with van der Waals surface area (Å²) in [4.78, 5) is 26.3. The summed E-state index contributed by atoms with van der Waals surface area (Å²) in [5, 5.41) is 2.77. The number of amides is 2. The lowest BCUT2D eigenvalue weighted by Crippen LogP contribution is -2.46. The molecule has 0 aliphatic carbocycles. The van der Waals surface area contributed by atoms with E-state index in [-0.39, 0.29) is 36.0 Å². The molecule has 1 aromatic rings. The number of halogens is 2. The number of nitrogens with zero attached hydrogens (tertiary/aromatic N) is 1. The summed E-state index contributed by atoms with van der Waals surface area (Å²) < 4.78 is 13.2. The predicted octanol–water partition coefficient (Wildman–Crippen LogP) is 1.48. The molecule has 0 spiro atoms. The first-order chi connectivity index (χ1) is 10.5. The van der Waals surface area contributed by atoms with Crippen molar-refractivity contribution in [1.82, 2.24) is 10.2 Å². The smallest absolute Gasteiger partial charge is 0.254 e. The first-order valence-corrected chi connectivity index (χ1v) is 7.56. The molecule has 1 unspecified atom stereocenters. The Morgan fingerprint density at radius 3 is 2.83 bits per heavy atom. The Kier molecular flexibility index (Phi) is 7.45. The molecule has 23 heavy (non-hydrogen) atoms. The third-order valence-corrected chi connectivity index (χ3v) is 3.94. The number of aryl methyl sites for hydroxylation is 1. The van der Waals surface area contributed by atoms with Gasteiger partial charge in [0.15, 0.2) is 0 Å². The second-order valence-corrected chi connectivity index (χ2v) is 5.63. The summed E-state index contributed by atoms with van der Waals surface area (Å²) in [5.41, 5.74) is 6.48. The van der Waals surface area contributed by atoms with Crippen LogP contribution in [0.2, 0.25) is 0 Å². The average molecular weight is 344 g/mol. The predicted molar refractivity (Wildman–Crippen MR) is 89.1 cm³/mol. The fraction of sp³-hybridized carbons (Fsp3) is 0.500. The lowest BCUT2D eigenvalue weighted by molar-refractivity contribution is -0.126. The molecule has 0 saturated carbocycles. The van der Waals surface area contributed by atoms with E-state index in [9.17, 15) is 14.0 Å². The van der Waals surface area contributed by atoms with Gasteiger partial charge >= 0.3 is 0 Å². The molecule has 5 nitrogen and oxygen atoms in total. The summed E-state index contributed by atoms with van der Waals surface area (Å²) in [6, 6.07) is 4.14. The van der Waals surface area contributed by atoms with Gasteiger partial charge in [-0.05, 0) is 43.5 Å². The van der Waals surface area contributed by atoms with Crippen LogP contribution in [0.4, 0.5) is 4.39 Å². The number of nitrogens with two attached hydrogens (primary N) is 1.